The Morgan fingerprint density at radius 3 is 2.67 bits per heavy atom. The summed E-state index contributed by atoms with van der Waals surface area (Å²) in [5, 5.41) is 4.89. The molecule has 0 spiro atoms. The number of hydrogen-bond acceptors (Lipinski definition) is 3. The van der Waals surface area contributed by atoms with Crippen LogP contribution in [0.5, 0.6) is 0 Å². The topological polar surface area (TPSA) is 80.5 Å². The van der Waals surface area contributed by atoms with E-state index in [1.807, 2.05) is 54.7 Å². The van der Waals surface area contributed by atoms with E-state index in [1.165, 1.54) is 10.9 Å². The van der Waals surface area contributed by atoms with E-state index in [2.05, 4.69) is 16.2 Å². The van der Waals surface area contributed by atoms with Crippen LogP contribution in [0.3, 0.4) is 0 Å². The predicted octanol–water partition coefficient (Wildman–Crippen LogP) is 3.35. The molecule has 0 saturated carbocycles. The normalized spacial score (nSPS) is 11.6. The average Bonchev–Trinajstić information content (AvgIpc) is 3.04. The summed E-state index contributed by atoms with van der Waals surface area (Å²) in [7, 11) is 0. The Balaban J connectivity index is 1.49. The maximum absolute atomic E-state index is 11.8. The number of carbonyl (C=O) groups is 1. The SMILES string of the molecule is N/C(=N\OC(=O)CCCc1c[nH]c2ccccc12)c1ccccc1. The van der Waals surface area contributed by atoms with Crippen LogP contribution in [0.25, 0.3) is 10.9 Å². The van der Waals surface area contributed by atoms with Gasteiger partial charge in [-0.1, -0.05) is 53.7 Å². The molecule has 5 nitrogen and oxygen atoms in total. The van der Waals surface area contributed by atoms with Crippen LogP contribution < -0.4 is 5.73 Å². The highest BCUT2D eigenvalue weighted by Gasteiger charge is 2.07. The summed E-state index contributed by atoms with van der Waals surface area (Å²) in [4.78, 5) is 19.9. The number of H-pyrrole nitrogens is 1. The zero-order valence-corrected chi connectivity index (χ0v) is 13.2. The third kappa shape index (κ3) is 3.81. The van der Waals surface area contributed by atoms with Gasteiger partial charge in [0.25, 0.3) is 0 Å². The first-order valence-corrected chi connectivity index (χ1v) is 7.88. The number of benzene rings is 2. The highest BCUT2D eigenvalue weighted by atomic mass is 16.7. The monoisotopic (exact) mass is 321 g/mol. The largest absolute Gasteiger partial charge is 0.380 e. The first-order valence-electron chi connectivity index (χ1n) is 7.88. The first kappa shape index (κ1) is 15.8. The zero-order chi connectivity index (χ0) is 16.8. The Bertz CT molecular complexity index is 853. The van der Waals surface area contributed by atoms with Gasteiger partial charge < -0.3 is 15.6 Å². The van der Waals surface area contributed by atoms with Crippen LogP contribution in [0.15, 0.2) is 65.9 Å². The van der Waals surface area contributed by atoms with Gasteiger partial charge in [-0.2, -0.15) is 0 Å². The van der Waals surface area contributed by atoms with Gasteiger partial charge in [-0.3, -0.25) is 0 Å². The molecule has 0 fully saturated rings. The summed E-state index contributed by atoms with van der Waals surface area (Å²) < 4.78 is 0. The molecule has 24 heavy (non-hydrogen) atoms. The van der Waals surface area contributed by atoms with Crippen molar-refractivity contribution in [1.29, 1.82) is 0 Å². The smallest absolute Gasteiger partial charge is 0.335 e. The Morgan fingerprint density at radius 1 is 1.08 bits per heavy atom. The maximum atomic E-state index is 11.8. The number of carbonyl (C=O) groups excluding carboxylic acids is 1. The Kier molecular flexibility index (Phi) is 4.91. The number of fused-ring (bicyclic) bond motifs is 1. The number of amidine groups is 1. The van der Waals surface area contributed by atoms with E-state index >= 15 is 0 Å². The van der Waals surface area contributed by atoms with Crippen LogP contribution in [0, 0.1) is 0 Å². The highest BCUT2D eigenvalue weighted by Crippen LogP contribution is 2.19. The zero-order valence-electron chi connectivity index (χ0n) is 13.2. The molecule has 0 atom stereocenters. The third-order valence-electron chi connectivity index (χ3n) is 3.82. The van der Waals surface area contributed by atoms with Crippen molar-refractivity contribution in [3.05, 3.63) is 71.9 Å². The number of rotatable bonds is 6. The molecule has 3 aromatic rings. The summed E-state index contributed by atoms with van der Waals surface area (Å²) in [6, 6.07) is 17.3. The fourth-order valence-electron chi connectivity index (χ4n) is 2.57. The molecular formula is C19H19N3O2. The van der Waals surface area contributed by atoms with Gasteiger partial charge in [-0.25, -0.2) is 4.79 Å². The Morgan fingerprint density at radius 2 is 1.83 bits per heavy atom. The van der Waals surface area contributed by atoms with Crippen molar-refractivity contribution in [2.24, 2.45) is 10.9 Å². The second-order valence-corrected chi connectivity index (χ2v) is 5.52. The van der Waals surface area contributed by atoms with Crippen molar-refractivity contribution >= 4 is 22.7 Å². The summed E-state index contributed by atoms with van der Waals surface area (Å²) >= 11 is 0. The van der Waals surface area contributed by atoms with Crippen molar-refractivity contribution in [2.75, 3.05) is 0 Å². The molecule has 1 aromatic heterocycles. The Labute approximate surface area is 140 Å². The molecule has 0 aliphatic carbocycles. The van der Waals surface area contributed by atoms with E-state index in [-0.39, 0.29) is 11.8 Å². The van der Waals surface area contributed by atoms with E-state index in [0.29, 0.717) is 12.8 Å². The lowest BCUT2D eigenvalue weighted by Gasteiger charge is -2.01. The Hall–Kier alpha value is -3.08. The van der Waals surface area contributed by atoms with Gasteiger partial charge in [0.05, 0.1) is 0 Å². The van der Waals surface area contributed by atoms with Gasteiger partial charge in [-0.05, 0) is 24.5 Å². The number of oxime groups is 1. The van der Waals surface area contributed by atoms with Crippen molar-refractivity contribution < 1.29 is 9.63 Å². The summed E-state index contributed by atoms with van der Waals surface area (Å²) in [5.74, 6) is -0.186. The number of aromatic nitrogens is 1. The minimum atomic E-state index is -0.381. The van der Waals surface area contributed by atoms with Crippen LogP contribution in [-0.2, 0) is 16.1 Å². The number of para-hydroxylation sites is 1. The molecule has 0 bridgehead atoms. The van der Waals surface area contributed by atoms with Gasteiger partial charge in [-0.15, -0.1) is 0 Å². The van der Waals surface area contributed by atoms with E-state index in [4.69, 9.17) is 10.6 Å². The molecule has 5 heteroatoms. The lowest BCUT2D eigenvalue weighted by atomic mass is 10.1. The van der Waals surface area contributed by atoms with Gasteiger partial charge in [0, 0.05) is 29.1 Å². The third-order valence-corrected chi connectivity index (χ3v) is 3.82. The molecule has 0 saturated heterocycles. The van der Waals surface area contributed by atoms with Crippen molar-refractivity contribution in [3.63, 3.8) is 0 Å². The van der Waals surface area contributed by atoms with Crippen LogP contribution in [0.4, 0.5) is 0 Å². The van der Waals surface area contributed by atoms with Gasteiger partial charge >= 0.3 is 5.97 Å². The fourth-order valence-corrected chi connectivity index (χ4v) is 2.57. The standard InChI is InChI=1S/C19H19N3O2/c20-19(14-7-2-1-3-8-14)22-24-18(23)12-6-9-15-13-21-17-11-5-4-10-16(15)17/h1-5,7-8,10-11,13,21H,6,9,12H2,(H2,20,22). The molecule has 0 aliphatic rings. The van der Waals surface area contributed by atoms with Crippen LogP contribution in [-0.4, -0.2) is 16.8 Å². The minimum Gasteiger partial charge on any atom is -0.380 e. The summed E-state index contributed by atoms with van der Waals surface area (Å²) in [6.07, 6.45) is 3.78. The lowest BCUT2D eigenvalue weighted by Crippen LogP contribution is -2.15. The molecule has 0 unspecified atom stereocenters. The van der Waals surface area contributed by atoms with Crippen LogP contribution >= 0.6 is 0 Å². The van der Waals surface area contributed by atoms with Gasteiger partial charge in [0.15, 0.2) is 5.84 Å². The fraction of sp³-hybridized carbons (Fsp3) is 0.158. The summed E-state index contributed by atoms with van der Waals surface area (Å²) in [6.45, 7) is 0. The number of hydrogen-bond donors (Lipinski definition) is 2. The van der Waals surface area contributed by atoms with E-state index in [1.54, 1.807) is 0 Å². The molecule has 0 amide bonds. The molecule has 3 rings (SSSR count). The molecule has 2 aromatic carbocycles. The molecule has 122 valence electrons. The number of nitrogens with one attached hydrogen (secondary N) is 1. The molecule has 0 aliphatic heterocycles. The second kappa shape index (κ2) is 7.46. The van der Waals surface area contributed by atoms with Crippen molar-refractivity contribution in [1.82, 2.24) is 4.98 Å². The maximum Gasteiger partial charge on any atom is 0.335 e. The van der Waals surface area contributed by atoms with E-state index in [0.717, 1.165) is 17.5 Å². The van der Waals surface area contributed by atoms with Crippen molar-refractivity contribution in [2.45, 2.75) is 19.3 Å². The van der Waals surface area contributed by atoms with Crippen molar-refractivity contribution in [3.8, 4) is 0 Å². The molecular weight excluding hydrogens is 302 g/mol. The number of aryl methyl sites for hydroxylation is 1. The highest BCUT2D eigenvalue weighted by molar-refractivity contribution is 5.97. The lowest BCUT2D eigenvalue weighted by molar-refractivity contribution is -0.143. The van der Waals surface area contributed by atoms with Crippen LogP contribution in [0.1, 0.15) is 24.0 Å². The summed E-state index contributed by atoms with van der Waals surface area (Å²) in [5.41, 5.74) is 8.81. The molecule has 3 N–H and O–H groups in total. The molecule has 0 radical (unpaired) electrons. The number of nitrogens with two attached hydrogens (primary N) is 1. The minimum absolute atomic E-state index is 0.195. The van der Waals surface area contributed by atoms with E-state index in [9.17, 15) is 4.79 Å². The van der Waals surface area contributed by atoms with Crippen LogP contribution in [0.2, 0.25) is 0 Å². The van der Waals surface area contributed by atoms with E-state index < -0.39 is 0 Å². The number of aromatic amines is 1. The van der Waals surface area contributed by atoms with Gasteiger partial charge in [0.2, 0.25) is 0 Å². The van der Waals surface area contributed by atoms with Gasteiger partial charge in [0.1, 0.15) is 0 Å². The predicted molar refractivity (Wildman–Crippen MR) is 94.5 cm³/mol. The average molecular weight is 321 g/mol. The molecule has 1 heterocycles. The first-order chi connectivity index (χ1) is 11.7. The number of nitrogens with zero attached hydrogens (tertiary/aromatic N) is 1. The second-order valence-electron chi connectivity index (χ2n) is 5.52. The quantitative estimate of drug-likeness (QED) is 0.316.